The lowest BCUT2D eigenvalue weighted by atomic mass is 10.2. The first-order valence-corrected chi connectivity index (χ1v) is 5.74. The van der Waals surface area contributed by atoms with Gasteiger partial charge in [0, 0.05) is 0 Å². The molecule has 0 spiro atoms. The fraction of sp³-hybridized carbons (Fsp3) is 0. The minimum atomic E-state index is -0.698. The van der Waals surface area contributed by atoms with E-state index >= 15 is 0 Å². The summed E-state index contributed by atoms with van der Waals surface area (Å²) in [6.45, 7) is 0. The van der Waals surface area contributed by atoms with E-state index in [0.29, 0.717) is 0 Å². The van der Waals surface area contributed by atoms with Crippen LogP contribution in [0.3, 0.4) is 0 Å². The summed E-state index contributed by atoms with van der Waals surface area (Å²) in [5, 5.41) is 0. The summed E-state index contributed by atoms with van der Waals surface area (Å²) in [5.41, 5.74) is 0.238. The Labute approximate surface area is 115 Å². The molecule has 0 aliphatic rings. The number of hydrogen-bond acceptors (Lipinski definition) is 1. The van der Waals surface area contributed by atoms with E-state index in [1.807, 2.05) is 0 Å². The standard InChI is InChI=1S/C17H8F2O/c18-16-7-3-1-5-13(16)9-11-15(20)12-10-14-6-2-4-8-17(14)19/h1-8H. The number of Topliss-reactive ketones (excluding diaryl/α,β-unsaturated/α-hetero) is 1. The smallest absolute Gasteiger partial charge is 0.270 e. The molecule has 2 aromatic rings. The third-order valence-corrected chi connectivity index (χ3v) is 2.37. The minimum absolute atomic E-state index is 0.119. The average molecular weight is 266 g/mol. The van der Waals surface area contributed by atoms with Gasteiger partial charge >= 0.3 is 0 Å². The molecular formula is C17H8F2O. The topological polar surface area (TPSA) is 17.1 Å². The molecule has 0 N–H and O–H groups in total. The van der Waals surface area contributed by atoms with Crippen LogP contribution in [0.2, 0.25) is 0 Å². The van der Waals surface area contributed by atoms with Crippen molar-refractivity contribution in [2.24, 2.45) is 0 Å². The maximum Gasteiger partial charge on any atom is 0.279 e. The van der Waals surface area contributed by atoms with Crippen molar-refractivity contribution in [1.82, 2.24) is 0 Å². The van der Waals surface area contributed by atoms with E-state index in [0.717, 1.165) is 0 Å². The SMILES string of the molecule is O=C(C#Cc1ccccc1F)C#Cc1ccccc1F. The molecule has 0 aromatic heterocycles. The summed E-state index contributed by atoms with van der Waals surface area (Å²) in [7, 11) is 0. The van der Waals surface area contributed by atoms with Gasteiger partial charge in [0.05, 0.1) is 11.1 Å². The molecule has 0 bridgehead atoms. The van der Waals surface area contributed by atoms with E-state index in [9.17, 15) is 13.6 Å². The van der Waals surface area contributed by atoms with Crippen molar-refractivity contribution in [2.45, 2.75) is 0 Å². The molecule has 3 heteroatoms. The second-order valence-corrected chi connectivity index (χ2v) is 3.79. The molecule has 2 aromatic carbocycles. The molecule has 0 aliphatic carbocycles. The van der Waals surface area contributed by atoms with Gasteiger partial charge in [0.1, 0.15) is 11.6 Å². The Hall–Kier alpha value is -2.91. The lowest BCUT2D eigenvalue weighted by molar-refractivity contribution is -0.108. The molecule has 0 saturated heterocycles. The van der Waals surface area contributed by atoms with Crippen molar-refractivity contribution in [3.8, 4) is 23.7 Å². The van der Waals surface area contributed by atoms with E-state index in [2.05, 4.69) is 23.7 Å². The third-order valence-electron chi connectivity index (χ3n) is 2.37. The molecule has 1 nitrogen and oxygen atoms in total. The monoisotopic (exact) mass is 266 g/mol. The molecule has 0 saturated carbocycles. The van der Waals surface area contributed by atoms with Crippen LogP contribution in [-0.2, 0) is 4.79 Å². The second kappa shape index (κ2) is 6.31. The van der Waals surface area contributed by atoms with Gasteiger partial charge in [0.2, 0.25) is 0 Å². The molecule has 0 radical (unpaired) electrons. The Bertz CT molecular complexity index is 705. The van der Waals surface area contributed by atoms with Gasteiger partial charge in [-0.25, -0.2) is 8.78 Å². The van der Waals surface area contributed by atoms with Crippen molar-refractivity contribution in [1.29, 1.82) is 0 Å². The maximum atomic E-state index is 13.2. The van der Waals surface area contributed by atoms with Gasteiger partial charge in [-0.05, 0) is 36.1 Å². The first-order valence-electron chi connectivity index (χ1n) is 5.74. The molecule has 0 fully saturated rings. The highest BCUT2D eigenvalue weighted by atomic mass is 19.1. The Morgan fingerprint density at radius 1 is 0.750 bits per heavy atom. The Morgan fingerprint density at radius 3 is 1.55 bits per heavy atom. The van der Waals surface area contributed by atoms with E-state index < -0.39 is 17.4 Å². The average Bonchev–Trinajstić information content (AvgIpc) is 2.45. The van der Waals surface area contributed by atoms with Crippen molar-refractivity contribution in [2.75, 3.05) is 0 Å². The Morgan fingerprint density at radius 2 is 1.15 bits per heavy atom. The highest BCUT2D eigenvalue weighted by Gasteiger charge is 1.97. The highest BCUT2D eigenvalue weighted by molar-refractivity contribution is 6.09. The maximum absolute atomic E-state index is 13.2. The fourth-order valence-electron chi connectivity index (χ4n) is 1.40. The molecule has 0 aliphatic heterocycles. The lowest BCUT2D eigenvalue weighted by Gasteiger charge is -1.90. The quantitative estimate of drug-likeness (QED) is 0.670. The van der Waals surface area contributed by atoms with E-state index in [1.165, 1.54) is 36.4 Å². The summed E-state index contributed by atoms with van der Waals surface area (Å²) in [6.07, 6.45) is 0. The molecule has 0 amide bonds. The van der Waals surface area contributed by atoms with Gasteiger partial charge in [0.25, 0.3) is 5.78 Å². The lowest BCUT2D eigenvalue weighted by Crippen LogP contribution is -1.90. The van der Waals surface area contributed by atoms with E-state index in [4.69, 9.17) is 0 Å². The van der Waals surface area contributed by atoms with Crippen LogP contribution >= 0.6 is 0 Å². The fourth-order valence-corrected chi connectivity index (χ4v) is 1.40. The number of ketones is 1. The summed E-state index contributed by atoms with van der Waals surface area (Å²) in [4.78, 5) is 11.4. The van der Waals surface area contributed by atoms with Crippen molar-refractivity contribution in [3.05, 3.63) is 71.3 Å². The zero-order chi connectivity index (χ0) is 14.4. The van der Waals surface area contributed by atoms with Gasteiger partial charge in [-0.2, -0.15) is 0 Å². The van der Waals surface area contributed by atoms with Crippen LogP contribution in [0.25, 0.3) is 0 Å². The van der Waals surface area contributed by atoms with Crippen LogP contribution in [0.1, 0.15) is 11.1 Å². The second-order valence-electron chi connectivity index (χ2n) is 3.79. The molecule has 0 heterocycles. The third kappa shape index (κ3) is 3.54. The summed E-state index contributed by atoms with van der Waals surface area (Å²) >= 11 is 0. The van der Waals surface area contributed by atoms with Gasteiger partial charge in [-0.3, -0.25) is 4.79 Å². The number of halogens is 2. The van der Waals surface area contributed by atoms with Crippen molar-refractivity contribution in [3.63, 3.8) is 0 Å². The zero-order valence-corrected chi connectivity index (χ0v) is 10.3. The van der Waals surface area contributed by atoms with Gasteiger partial charge in [-0.1, -0.05) is 36.1 Å². The number of carbonyl (C=O) groups is 1. The van der Waals surface area contributed by atoms with E-state index in [1.54, 1.807) is 12.1 Å². The molecule has 20 heavy (non-hydrogen) atoms. The molecule has 0 unspecified atom stereocenters. The summed E-state index contributed by atoms with van der Waals surface area (Å²) < 4.78 is 26.5. The van der Waals surface area contributed by atoms with Crippen LogP contribution in [0, 0.1) is 35.3 Å². The van der Waals surface area contributed by atoms with Crippen LogP contribution in [0.15, 0.2) is 48.5 Å². The van der Waals surface area contributed by atoms with Crippen LogP contribution < -0.4 is 0 Å². The molecular weight excluding hydrogens is 258 g/mol. The van der Waals surface area contributed by atoms with Gasteiger partial charge < -0.3 is 0 Å². The van der Waals surface area contributed by atoms with Crippen molar-refractivity contribution < 1.29 is 13.6 Å². The number of rotatable bonds is 0. The number of carbonyl (C=O) groups excluding carboxylic acids is 1. The highest BCUT2D eigenvalue weighted by Crippen LogP contribution is 2.04. The molecule has 0 atom stereocenters. The largest absolute Gasteiger partial charge is 0.279 e. The Kier molecular flexibility index (Phi) is 4.27. The van der Waals surface area contributed by atoms with E-state index in [-0.39, 0.29) is 11.1 Å². The number of hydrogen-bond donors (Lipinski definition) is 0. The molecule has 96 valence electrons. The van der Waals surface area contributed by atoms with Crippen molar-refractivity contribution >= 4 is 5.78 Å². The predicted octanol–water partition coefficient (Wildman–Crippen LogP) is 2.94. The van der Waals surface area contributed by atoms with Crippen LogP contribution in [-0.4, -0.2) is 5.78 Å². The van der Waals surface area contributed by atoms with Crippen LogP contribution in [0.5, 0.6) is 0 Å². The molecule has 2 rings (SSSR count). The van der Waals surface area contributed by atoms with Gasteiger partial charge in [0.15, 0.2) is 0 Å². The number of benzene rings is 2. The summed E-state index contributed by atoms with van der Waals surface area (Å²) in [5.74, 6) is 7.49. The minimum Gasteiger partial charge on any atom is -0.270 e. The normalized spacial score (nSPS) is 8.90. The van der Waals surface area contributed by atoms with Crippen LogP contribution in [0.4, 0.5) is 8.78 Å². The predicted molar refractivity (Wildman–Crippen MR) is 71.6 cm³/mol. The first-order chi connectivity index (χ1) is 9.66. The Balaban J connectivity index is 2.16. The zero-order valence-electron chi connectivity index (χ0n) is 10.3. The summed E-state index contributed by atoms with van der Waals surface area (Å²) in [6, 6.07) is 11.7. The first kappa shape index (κ1) is 13.5. The van der Waals surface area contributed by atoms with Gasteiger partial charge in [-0.15, -0.1) is 0 Å².